The normalized spacial score (nSPS) is 12.0. The Labute approximate surface area is 126 Å². The summed E-state index contributed by atoms with van der Waals surface area (Å²) in [5.74, 6) is 1.33. The number of aliphatic hydroxyl groups is 1. The van der Waals surface area contributed by atoms with Crippen molar-refractivity contribution in [3.05, 3.63) is 58.7 Å². The van der Waals surface area contributed by atoms with E-state index in [0.717, 1.165) is 22.3 Å². The number of methoxy groups -OCH3 is 1. The Bertz CT molecular complexity index is 620. The zero-order valence-corrected chi connectivity index (χ0v) is 13.0. The molecule has 0 radical (unpaired) electrons. The third-order valence-electron chi connectivity index (χ3n) is 3.51. The second kappa shape index (κ2) is 6.64. The summed E-state index contributed by atoms with van der Waals surface area (Å²) in [5.41, 5.74) is 4.20. The molecule has 21 heavy (non-hydrogen) atoms. The van der Waals surface area contributed by atoms with Crippen LogP contribution in [0.25, 0.3) is 0 Å². The van der Waals surface area contributed by atoms with Gasteiger partial charge in [-0.2, -0.15) is 0 Å². The van der Waals surface area contributed by atoms with Crippen molar-refractivity contribution >= 4 is 0 Å². The van der Waals surface area contributed by atoms with Crippen LogP contribution in [0.2, 0.25) is 0 Å². The number of hydrogen-bond donors (Lipinski definition) is 1. The molecule has 1 unspecified atom stereocenters. The van der Waals surface area contributed by atoms with Crippen LogP contribution in [-0.4, -0.2) is 18.8 Å². The largest absolute Gasteiger partial charge is 0.493 e. The maximum Gasteiger partial charge on any atom is 0.161 e. The molecule has 0 saturated carbocycles. The molecule has 2 rings (SSSR count). The highest BCUT2D eigenvalue weighted by atomic mass is 16.5. The minimum atomic E-state index is -0.657. The van der Waals surface area contributed by atoms with Crippen molar-refractivity contribution in [3.63, 3.8) is 0 Å². The molecule has 0 fully saturated rings. The Morgan fingerprint density at radius 2 is 1.62 bits per heavy atom. The Kier molecular flexibility index (Phi) is 4.86. The van der Waals surface area contributed by atoms with E-state index in [1.54, 1.807) is 7.11 Å². The molecule has 0 heterocycles. The van der Waals surface area contributed by atoms with Gasteiger partial charge in [-0.05, 0) is 49.6 Å². The standard InChI is InChI=1S/C18H22O3/c1-12-5-7-14(3)15(9-12)16(19)11-21-17-8-6-13(2)10-18(17)20-4/h5-10,16,19H,11H2,1-4H3. The molecule has 1 atom stereocenters. The molecule has 0 aromatic heterocycles. The lowest BCUT2D eigenvalue weighted by atomic mass is 10.0. The van der Waals surface area contributed by atoms with Gasteiger partial charge in [-0.1, -0.05) is 29.8 Å². The summed E-state index contributed by atoms with van der Waals surface area (Å²) in [7, 11) is 1.61. The Hall–Kier alpha value is -2.00. The Morgan fingerprint density at radius 3 is 2.33 bits per heavy atom. The second-order valence-corrected chi connectivity index (χ2v) is 5.34. The van der Waals surface area contributed by atoms with Crippen molar-refractivity contribution in [2.75, 3.05) is 13.7 Å². The van der Waals surface area contributed by atoms with Crippen LogP contribution in [0.15, 0.2) is 36.4 Å². The van der Waals surface area contributed by atoms with Gasteiger partial charge >= 0.3 is 0 Å². The topological polar surface area (TPSA) is 38.7 Å². The Balaban J connectivity index is 2.10. The van der Waals surface area contributed by atoms with Gasteiger partial charge in [0.2, 0.25) is 0 Å². The van der Waals surface area contributed by atoms with Crippen LogP contribution in [0.4, 0.5) is 0 Å². The molecule has 0 saturated heterocycles. The zero-order valence-electron chi connectivity index (χ0n) is 13.0. The summed E-state index contributed by atoms with van der Waals surface area (Å²) < 4.78 is 11.0. The monoisotopic (exact) mass is 286 g/mol. The van der Waals surface area contributed by atoms with Crippen LogP contribution >= 0.6 is 0 Å². The van der Waals surface area contributed by atoms with Gasteiger partial charge < -0.3 is 14.6 Å². The van der Waals surface area contributed by atoms with Gasteiger partial charge in [0, 0.05) is 0 Å². The summed E-state index contributed by atoms with van der Waals surface area (Å²) in [6, 6.07) is 11.8. The summed E-state index contributed by atoms with van der Waals surface area (Å²) in [6.45, 7) is 6.20. The molecule has 0 spiro atoms. The molecular weight excluding hydrogens is 264 g/mol. The molecule has 0 aliphatic carbocycles. The molecule has 3 heteroatoms. The van der Waals surface area contributed by atoms with Crippen LogP contribution < -0.4 is 9.47 Å². The number of benzene rings is 2. The lowest BCUT2D eigenvalue weighted by Crippen LogP contribution is -2.11. The molecule has 112 valence electrons. The molecule has 3 nitrogen and oxygen atoms in total. The summed E-state index contributed by atoms with van der Waals surface area (Å²) in [5, 5.41) is 10.3. The van der Waals surface area contributed by atoms with E-state index < -0.39 is 6.10 Å². The van der Waals surface area contributed by atoms with Crippen LogP contribution in [0.1, 0.15) is 28.4 Å². The van der Waals surface area contributed by atoms with Gasteiger partial charge in [-0.15, -0.1) is 0 Å². The molecule has 0 aliphatic heterocycles. The van der Waals surface area contributed by atoms with E-state index in [2.05, 4.69) is 0 Å². The molecule has 1 N–H and O–H groups in total. The first-order valence-electron chi connectivity index (χ1n) is 7.04. The minimum absolute atomic E-state index is 0.198. The molecule has 2 aromatic rings. The van der Waals surface area contributed by atoms with Crippen LogP contribution in [-0.2, 0) is 0 Å². The molecule has 0 bridgehead atoms. The predicted octanol–water partition coefficient (Wildman–Crippen LogP) is 3.73. The number of aliphatic hydroxyl groups excluding tert-OH is 1. The van der Waals surface area contributed by atoms with E-state index in [9.17, 15) is 5.11 Å². The summed E-state index contributed by atoms with van der Waals surface area (Å²) in [6.07, 6.45) is -0.657. The van der Waals surface area contributed by atoms with E-state index in [1.807, 2.05) is 57.2 Å². The minimum Gasteiger partial charge on any atom is -0.493 e. The van der Waals surface area contributed by atoms with Gasteiger partial charge in [0.15, 0.2) is 11.5 Å². The third kappa shape index (κ3) is 3.76. The van der Waals surface area contributed by atoms with Crippen LogP contribution in [0, 0.1) is 20.8 Å². The fourth-order valence-electron chi connectivity index (χ4n) is 2.27. The number of ether oxygens (including phenoxy) is 2. The second-order valence-electron chi connectivity index (χ2n) is 5.34. The van der Waals surface area contributed by atoms with E-state index in [0.29, 0.717) is 11.5 Å². The maximum absolute atomic E-state index is 10.3. The van der Waals surface area contributed by atoms with Crippen molar-refractivity contribution in [1.82, 2.24) is 0 Å². The lowest BCUT2D eigenvalue weighted by molar-refractivity contribution is 0.106. The van der Waals surface area contributed by atoms with E-state index in [1.165, 1.54) is 0 Å². The zero-order chi connectivity index (χ0) is 15.4. The highest BCUT2D eigenvalue weighted by molar-refractivity contribution is 5.42. The molecular formula is C18H22O3. The predicted molar refractivity (Wildman–Crippen MR) is 84.1 cm³/mol. The SMILES string of the molecule is COc1cc(C)ccc1OCC(O)c1cc(C)ccc1C. The number of rotatable bonds is 5. The van der Waals surface area contributed by atoms with Gasteiger partial charge in [0.1, 0.15) is 12.7 Å². The van der Waals surface area contributed by atoms with Crippen molar-refractivity contribution in [3.8, 4) is 11.5 Å². The van der Waals surface area contributed by atoms with Crippen LogP contribution in [0.3, 0.4) is 0 Å². The molecule has 2 aromatic carbocycles. The summed E-state index contributed by atoms with van der Waals surface area (Å²) in [4.78, 5) is 0. The smallest absolute Gasteiger partial charge is 0.161 e. The first kappa shape index (κ1) is 15.4. The quantitative estimate of drug-likeness (QED) is 0.910. The number of hydrogen-bond acceptors (Lipinski definition) is 3. The fourth-order valence-corrected chi connectivity index (χ4v) is 2.27. The third-order valence-corrected chi connectivity index (χ3v) is 3.51. The highest BCUT2D eigenvalue weighted by Crippen LogP contribution is 2.29. The van der Waals surface area contributed by atoms with Gasteiger partial charge in [-0.25, -0.2) is 0 Å². The molecule has 0 aliphatic rings. The van der Waals surface area contributed by atoms with Crippen molar-refractivity contribution in [2.45, 2.75) is 26.9 Å². The van der Waals surface area contributed by atoms with Gasteiger partial charge in [0.25, 0.3) is 0 Å². The van der Waals surface area contributed by atoms with E-state index >= 15 is 0 Å². The highest BCUT2D eigenvalue weighted by Gasteiger charge is 2.13. The van der Waals surface area contributed by atoms with Crippen molar-refractivity contribution in [1.29, 1.82) is 0 Å². The van der Waals surface area contributed by atoms with Gasteiger partial charge in [-0.3, -0.25) is 0 Å². The van der Waals surface area contributed by atoms with E-state index in [-0.39, 0.29) is 6.61 Å². The first-order chi connectivity index (χ1) is 10.0. The Morgan fingerprint density at radius 1 is 0.952 bits per heavy atom. The maximum atomic E-state index is 10.3. The number of aryl methyl sites for hydroxylation is 3. The van der Waals surface area contributed by atoms with Crippen molar-refractivity contribution < 1.29 is 14.6 Å². The van der Waals surface area contributed by atoms with Crippen molar-refractivity contribution in [2.24, 2.45) is 0 Å². The van der Waals surface area contributed by atoms with Gasteiger partial charge in [0.05, 0.1) is 7.11 Å². The first-order valence-corrected chi connectivity index (χ1v) is 7.04. The van der Waals surface area contributed by atoms with Crippen LogP contribution in [0.5, 0.6) is 11.5 Å². The average molecular weight is 286 g/mol. The average Bonchev–Trinajstić information content (AvgIpc) is 2.48. The van der Waals surface area contributed by atoms with E-state index in [4.69, 9.17) is 9.47 Å². The summed E-state index contributed by atoms with van der Waals surface area (Å²) >= 11 is 0. The lowest BCUT2D eigenvalue weighted by Gasteiger charge is -2.17. The fraction of sp³-hybridized carbons (Fsp3) is 0.333. The molecule has 0 amide bonds.